The van der Waals surface area contributed by atoms with Crippen LogP contribution in [0.3, 0.4) is 0 Å². The molecule has 0 amide bonds. The average molecular weight is 334 g/mol. The van der Waals surface area contributed by atoms with Crippen molar-refractivity contribution >= 4 is 34.5 Å². The van der Waals surface area contributed by atoms with Crippen LogP contribution < -0.4 is 4.74 Å². The molecule has 0 heterocycles. The normalized spacial score (nSPS) is 11.9. The van der Waals surface area contributed by atoms with Crippen LogP contribution in [0.1, 0.15) is 23.7 Å². The van der Waals surface area contributed by atoms with E-state index in [-0.39, 0.29) is 15.5 Å². The van der Waals surface area contributed by atoms with Gasteiger partial charge < -0.3 is 9.84 Å². The molecule has 0 aliphatic rings. The molecule has 0 radical (unpaired) electrons. The summed E-state index contributed by atoms with van der Waals surface area (Å²) in [5, 5.41) is 8.67. The fourth-order valence-corrected chi connectivity index (χ4v) is 1.14. The standard InChI is InChI=1S/C11H11IO4/c1-2-9(12)11(15)16-8-5-3-7(4-6-8)10(13)14/h3-6,9H,2H2,1H3,(H,13,14). The van der Waals surface area contributed by atoms with Crippen molar-refractivity contribution in [1.82, 2.24) is 0 Å². The van der Waals surface area contributed by atoms with E-state index in [1.54, 1.807) is 0 Å². The van der Waals surface area contributed by atoms with Crippen LogP contribution in [-0.2, 0) is 4.79 Å². The number of ether oxygens (including phenoxy) is 1. The van der Waals surface area contributed by atoms with Crippen LogP contribution >= 0.6 is 22.6 Å². The summed E-state index contributed by atoms with van der Waals surface area (Å²) in [6, 6.07) is 5.75. The number of carbonyl (C=O) groups is 2. The predicted octanol–water partition coefficient (Wildman–Crippen LogP) is 2.50. The Morgan fingerprint density at radius 3 is 2.38 bits per heavy atom. The molecule has 0 aliphatic heterocycles. The third kappa shape index (κ3) is 3.48. The largest absolute Gasteiger partial charge is 0.478 e. The quantitative estimate of drug-likeness (QED) is 0.398. The summed E-state index contributed by atoms with van der Waals surface area (Å²) in [5.41, 5.74) is 0.168. The van der Waals surface area contributed by atoms with Gasteiger partial charge in [0.15, 0.2) is 0 Å². The molecule has 4 nitrogen and oxygen atoms in total. The fraction of sp³-hybridized carbons (Fsp3) is 0.273. The second-order valence-corrected chi connectivity index (χ2v) is 4.63. The number of carbonyl (C=O) groups excluding carboxylic acids is 1. The van der Waals surface area contributed by atoms with Crippen molar-refractivity contribution < 1.29 is 19.4 Å². The van der Waals surface area contributed by atoms with E-state index in [0.717, 1.165) is 0 Å². The highest BCUT2D eigenvalue weighted by Crippen LogP contribution is 2.15. The molecular formula is C11H11IO4. The number of carboxylic acid groups (broad SMARTS) is 1. The van der Waals surface area contributed by atoms with Crippen LogP contribution in [0.4, 0.5) is 0 Å². The molecule has 1 rings (SSSR count). The minimum Gasteiger partial charge on any atom is -0.478 e. The van der Waals surface area contributed by atoms with Gasteiger partial charge in [0, 0.05) is 0 Å². The number of hydrogen-bond acceptors (Lipinski definition) is 3. The minimum absolute atomic E-state index is 0.168. The number of halogens is 1. The Bertz CT molecular complexity index is 385. The van der Waals surface area contributed by atoms with E-state index in [1.807, 2.05) is 29.5 Å². The number of benzene rings is 1. The number of hydrogen-bond donors (Lipinski definition) is 1. The third-order valence-corrected chi connectivity index (χ3v) is 3.32. The zero-order valence-electron chi connectivity index (χ0n) is 8.64. The van der Waals surface area contributed by atoms with Crippen LogP contribution in [0.2, 0.25) is 0 Å². The second-order valence-electron chi connectivity index (χ2n) is 3.13. The zero-order valence-corrected chi connectivity index (χ0v) is 10.8. The monoisotopic (exact) mass is 334 g/mol. The topological polar surface area (TPSA) is 63.6 Å². The number of rotatable bonds is 4. The van der Waals surface area contributed by atoms with Gasteiger partial charge in [-0.15, -0.1) is 0 Å². The Balaban J connectivity index is 2.69. The van der Waals surface area contributed by atoms with E-state index < -0.39 is 5.97 Å². The van der Waals surface area contributed by atoms with Crippen molar-refractivity contribution in [2.24, 2.45) is 0 Å². The Labute approximate surface area is 107 Å². The molecule has 5 heteroatoms. The molecule has 16 heavy (non-hydrogen) atoms. The van der Waals surface area contributed by atoms with Crippen molar-refractivity contribution in [3.8, 4) is 5.75 Å². The van der Waals surface area contributed by atoms with E-state index in [4.69, 9.17) is 9.84 Å². The minimum atomic E-state index is -1.00. The highest BCUT2D eigenvalue weighted by atomic mass is 127. The molecule has 1 unspecified atom stereocenters. The summed E-state index contributed by atoms with van der Waals surface area (Å²) >= 11 is 2.01. The lowest BCUT2D eigenvalue weighted by Crippen LogP contribution is -2.19. The molecule has 0 aliphatic carbocycles. The van der Waals surface area contributed by atoms with E-state index in [2.05, 4.69) is 0 Å². The Hall–Kier alpha value is -1.11. The van der Waals surface area contributed by atoms with Crippen LogP contribution in [0.5, 0.6) is 5.75 Å². The van der Waals surface area contributed by atoms with E-state index in [1.165, 1.54) is 24.3 Å². The molecule has 0 saturated carbocycles. The van der Waals surface area contributed by atoms with E-state index >= 15 is 0 Å². The van der Waals surface area contributed by atoms with Gasteiger partial charge in [-0.25, -0.2) is 4.79 Å². The van der Waals surface area contributed by atoms with Crippen LogP contribution in [0, 0.1) is 0 Å². The SMILES string of the molecule is CCC(I)C(=O)Oc1ccc(C(=O)O)cc1. The molecule has 1 N–H and O–H groups in total. The van der Waals surface area contributed by atoms with Gasteiger partial charge >= 0.3 is 11.9 Å². The molecule has 86 valence electrons. The number of aromatic carboxylic acids is 1. The lowest BCUT2D eigenvalue weighted by molar-refractivity contribution is -0.133. The molecule has 0 spiro atoms. The van der Waals surface area contributed by atoms with Crippen molar-refractivity contribution in [3.63, 3.8) is 0 Å². The molecule has 1 aromatic rings. The van der Waals surface area contributed by atoms with Gasteiger partial charge in [-0.1, -0.05) is 29.5 Å². The smallest absolute Gasteiger partial charge is 0.335 e. The highest BCUT2D eigenvalue weighted by Gasteiger charge is 2.14. The van der Waals surface area contributed by atoms with E-state index in [0.29, 0.717) is 12.2 Å². The highest BCUT2D eigenvalue weighted by molar-refractivity contribution is 14.1. The maximum atomic E-state index is 11.4. The second kappa shape index (κ2) is 5.83. The van der Waals surface area contributed by atoms with Crippen molar-refractivity contribution in [2.45, 2.75) is 17.3 Å². The van der Waals surface area contributed by atoms with Crippen molar-refractivity contribution in [2.75, 3.05) is 0 Å². The zero-order chi connectivity index (χ0) is 12.1. The van der Waals surface area contributed by atoms with E-state index in [9.17, 15) is 9.59 Å². The van der Waals surface area contributed by atoms with Gasteiger partial charge in [0.1, 0.15) is 9.67 Å². The van der Waals surface area contributed by atoms with Crippen LogP contribution in [0.15, 0.2) is 24.3 Å². The van der Waals surface area contributed by atoms with Crippen LogP contribution in [0.25, 0.3) is 0 Å². The molecule has 0 aromatic heterocycles. The average Bonchev–Trinajstić information content (AvgIpc) is 2.28. The molecule has 0 saturated heterocycles. The lowest BCUT2D eigenvalue weighted by Gasteiger charge is -2.07. The number of alkyl halides is 1. The first-order valence-electron chi connectivity index (χ1n) is 4.73. The maximum absolute atomic E-state index is 11.4. The van der Waals surface area contributed by atoms with Gasteiger partial charge in [-0.3, -0.25) is 4.79 Å². The number of esters is 1. The van der Waals surface area contributed by atoms with Crippen LogP contribution in [-0.4, -0.2) is 21.0 Å². The van der Waals surface area contributed by atoms with Gasteiger partial charge in [-0.2, -0.15) is 0 Å². The molecule has 1 aromatic carbocycles. The Morgan fingerprint density at radius 2 is 1.94 bits per heavy atom. The molecular weight excluding hydrogens is 323 g/mol. The summed E-state index contributed by atoms with van der Waals surface area (Å²) in [6.45, 7) is 1.89. The summed E-state index contributed by atoms with van der Waals surface area (Å²) in [5.74, 6) is -0.950. The molecule has 0 fully saturated rings. The first-order chi connectivity index (χ1) is 7.54. The summed E-state index contributed by atoms with van der Waals surface area (Å²) in [6.07, 6.45) is 0.701. The Kier molecular flexibility index (Phi) is 4.72. The molecule has 1 atom stereocenters. The first-order valence-corrected chi connectivity index (χ1v) is 5.98. The Morgan fingerprint density at radius 1 is 1.38 bits per heavy atom. The summed E-state index contributed by atoms with van der Waals surface area (Å²) in [4.78, 5) is 22.0. The summed E-state index contributed by atoms with van der Waals surface area (Å²) < 4.78 is 4.88. The fourth-order valence-electron chi connectivity index (χ4n) is 1.01. The van der Waals surface area contributed by atoms with Gasteiger partial charge in [0.2, 0.25) is 0 Å². The lowest BCUT2D eigenvalue weighted by atomic mass is 10.2. The number of carboxylic acids is 1. The van der Waals surface area contributed by atoms with Gasteiger partial charge in [0.05, 0.1) is 5.56 Å². The third-order valence-electron chi connectivity index (χ3n) is 1.93. The maximum Gasteiger partial charge on any atom is 0.335 e. The summed E-state index contributed by atoms with van der Waals surface area (Å²) in [7, 11) is 0. The predicted molar refractivity (Wildman–Crippen MR) is 67.1 cm³/mol. The van der Waals surface area contributed by atoms with Crippen molar-refractivity contribution in [3.05, 3.63) is 29.8 Å². The van der Waals surface area contributed by atoms with Gasteiger partial charge in [0.25, 0.3) is 0 Å². The van der Waals surface area contributed by atoms with Gasteiger partial charge in [-0.05, 0) is 30.7 Å². The molecule has 0 bridgehead atoms. The first kappa shape index (κ1) is 13.0. The van der Waals surface area contributed by atoms with Crippen molar-refractivity contribution in [1.29, 1.82) is 0 Å².